The molecule has 1 aliphatic rings. The maximum Gasteiger partial charge on any atom is 0.237 e. The van der Waals surface area contributed by atoms with Crippen molar-refractivity contribution in [3.8, 4) is 11.5 Å². The van der Waals surface area contributed by atoms with Gasteiger partial charge in [-0.1, -0.05) is 17.7 Å². The monoisotopic (exact) mass is 455 g/mol. The summed E-state index contributed by atoms with van der Waals surface area (Å²) in [5.74, 6) is 1.67. The molecule has 0 saturated heterocycles. The number of nitrogens with zero attached hydrogens (tertiary/aromatic N) is 3. The van der Waals surface area contributed by atoms with Gasteiger partial charge in [-0.2, -0.15) is 0 Å². The van der Waals surface area contributed by atoms with Crippen LogP contribution in [0.4, 0.5) is 11.5 Å². The number of benzene rings is 2. The number of carbonyl (C=O) groups is 1. The van der Waals surface area contributed by atoms with E-state index in [1.54, 1.807) is 7.11 Å². The molecule has 8 nitrogen and oxygen atoms in total. The Labute approximate surface area is 191 Å². The number of aromatic nitrogens is 2. The van der Waals surface area contributed by atoms with Gasteiger partial charge >= 0.3 is 0 Å². The largest absolute Gasteiger partial charge is 0.493 e. The molecule has 2 N–H and O–H groups in total. The summed E-state index contributed by atoms with van der Waals surface area (Å²) in [5, 5.41) is 7.78. The summed E-state index contributed by atoms with van der Waals surface area (Å²) >= 11 is 6.45. The smallest absolute Gasteiger partial charge is 0.237 e. The van der Waals surface area contributed by atoms with Crippen LogP contribution < -0.4 is 20.1 Å². The molecule has 1 unspecified atom stereocenters. The van der Waals surface area contributed by atoms with Crippen molar-refractivity contribution in [3.05, 3.63) is 46.7 Å². The highest BCUT2D eigenvalue weighted by Crippen LogP contribution is 2.36. The van der Waals surface area contributed by atoms with Crippen LogP contribution in [-0.2, 0) is 11.3 Å². The molecule has 0 spiro atoms. The molecule has 9 heteroatoms. The lowest BCUT2D eigenvalue weighted by molar-refractivity contribution is -0.125. The summed E-state index contributed by atoms with van der Waals surface area (Å²) in [6.45, 7) is 5.07. The van der Waals surface area contributed by atoms with E-state index in [2.05, 4.69) is 20.6 Å². The molecule has 0 saturated carbocycles. The van der Waals surface area contributed by atoms with E-state index in [9.17, 15) is 4.79 Å². The minimum atomic E-state index is -0.328. The summed E-state index contributed by atoms with van der Waals surface area (Å²) in [5.41, 5.74) is 3.49. The molecule has 2 bridgehead atoms. The molecular weight excluding hydrogens is 430 g/mol. The van der Waals surface area contributed by atoms with Crippen molar-refractivity contribution >= 4 is 39.9 Å². The Morgan fingerprint density at radius 3 is 2.84 bits per heavy atom. The van der Waals surface area contributed by atoms with E-state index in [0.29, 0.717) is 42.0 Å². The zero-order valence-corrected chi connectivity index (χ0v) is 19.3. The first kappa shape index (κ1) is 22.1. The number of methoxy groups -OCH3 is 1. The predicted molar refractivity (Wildman–Crippen MR) is 125 cm³/mol. The van der Waals surface area contributed by atoms with Gasteiger partial charge in [0.15, 0.2) is 11.5 Å². The van der Waals surface area contributed by atoms with Crippen molar-refractivity contribution < 1.29 is 14.3 Å². The molecule has 168 valence electrons. The van der Waals surface area contributed by atoms with E-state index in [1.807, 2.05) is 50.1 Å². The lowest BCUT2D eigenvalue weighted by Gasteiger charge is -2.25. The topological polar surface area (TPSA) is 88.6 Å². The first-order chi connectivity index (χ1) is 15.4. The van der Waals surface area contributed by atoms with E-state index in [0.717, 1.165) is 27.7 Å². The zero-order valence-electron chi connectivity index (χ0n) is 18.5. The standard InChI is InChI=1S/C23H26ClN5O3/c1-13-7-15-11-29(3)14(2)23(30)25-5-6-32-21-8-16-19(10-20(21)31-4)26-12-27-22(16)28-18(15)9-17(13)24/h7-10,12,14H,5-6,11H2,1-4H3,(H,25,30)(H,26,27,28). The SMILES string of the molecule is COc1cc2ncnc3c2cc1OCCNC(=O)C(C)N(C)Cc1cc(C)c(Cl)cc1N3. The fourth-order valence-corrected chi connectivity index (χ4v) is 3.80. The number of hydrogen-bond donors (Lipinski definition) is 2. The molecule has 2 aromatic carbocycles. The van der Waals surface area contributed by atoms with Crippen LogP contribution in [0.2, 0.25) is 5.02 Å². The molecule has 0 radical (unpaired) electrons. The summed E-state index contributed by atoms with van der Waals surface area (Å²) in [7, 11) is 3.50. The molecule has 1 aromatic heterocycles. The maximum atomic E-state index is 12.6. The molecule has 0 aliphatic carbocycles. The molecule has 4 rings (SSSR count). The maximum absolute atomic E-state index is 12.6. The van der Waals surface area contributed by atoms with Gasteiger partial charge in [0.2, 0.25) is 5.91 Å². The van der Waals surface area contributed by atoms with Crippen molar-refractivity contribution in [2.45, 2.75) is 26.4 Å². The highest BCUT2D eigenvalue weighted by atomic mass is 35.5. The number of hydrogen-bond acceptors (Lipinski definition) is 7. The number of fused-ring (bicyclic) bond motifs is 2. The third-order valence-electron chi connectivity index (χ3n) is 5.68. The molecule has 1 aliphatic heterocycles. The minimum Gasteiger partial charge on any atom is -0.493 e. The lowest BCUT2D eigenvalue weighted by atomic mass is 10.1. The lowest BCUT2D eigenvalue weighted by Crippen LogP contribution is -2.44. The molecule has 1 amide bonds. The number of halogens is 1. The first-order valence-electron chi connectivity index (χ1n) is 10.4. The van der Waals surface area contributed by atoms with Crippen LogP contribution in [0.1, 0.15) is 18.1 Å². The Morgan fingerprint density at radius 1 is 1.25 bits per heavy atom. The van der Waals surface area contributed by atoms with Crippen molar-refractivity contribution in [1.29, 1.82) is 0 Å². The summed E-state index contributed by atoms with van der Waals surface area (Å²) in [6, 6.07) is 7.25. The normalized spacial score (nSPS) is 17.5. The van der Waals surface area contributed by atoms with Gasteiger partial charge in [0.1, 0.15) is 18.8 Å². The van der Waals surface area contributed by atoms with E-state index >= 15 is 0 Å². The minimum absolute atomic E-state index is 0.0669. The number of rotatable bonds is 1. The first-order valence-corrected chi connectivity index (χ1v) is 10.7. The molecule has 3 aromatic rings. The molecular formula is C23H26ClN5O3. The van der Waals surface area contributed by atoms with Crippen LogP contribution in [0.25, 0.3) is 10.9 Å². The second-order valence-corrected chi connectivity index (χ2v) is 8.26. The van der Waals surface area contributed by atoms with Gasteiger partial charge in [0.25, 0.3) is 0 Å². The number of ether oxygens (including phenoxy) is 2. The number of likely N-dealkylation sites (N-methyl/N-ethyl adjacent to an activating group) is 1. The predicted octanol–water partition coefficient (Wildman–Crippen LogP) is 3.67. The number of aryl methyl sites for hydroxylation is 1. The second kappa shape index (κ2) is 9.18. The second-order valence-electron chi connectivity index (χ2n) is 7.86. The van der Waals surface area contributed by atoms with Crippen LogP contribution in [0, 0.1) is 6.92 Å². The van der Waals surface area contributed by atoms with Crippen molar-refractivity contribution in [3.63, 3.8) is 0 Å². The summed E-state index contributed by atoms with van der Waals surface area (Å²) < 4.78 is 11.4. The van der Waals surface area contributed by atoms with Gasteiger partial charge < -0.3 is 20.1 Å². The van der Waals surface area contributed by atoms with Crippen molar-refractivity contribution in [2.75, 3.05) is 32.6 Å². The van der Waals surface area contributed by atoms with Gasteiger partial charge in [-0.15, -0.1) is 0 Å². The number of carbonyl (C=O) groups excluding carboxylic acids is 1. The van der Waals surface area contributed by atoms with Gasteiger partial charge in [-0.05, 0) is 44.2 Å². The number of amides is 1. The average Bonchev–Trinajstić information content (AvgIpc) is 2.78. The Balaban J connectivity index is 1.86. The quantitative estimate of drug-likeness (QED) is 0.578. The fraction of sp³-hybridized carbons (Fsp3) is 0.348. The Hall–Kier alpha value is -3.10. The number of nitrogens with one attached hydrogen (secondary N) is 2. The van der Waals surface area contributed by atoms with Crippen molar-refractivity contribution in [2.24, 2.45) is 0 Å². The highest BCUT2D eigenvalue weighted by Gasteiger charge is 2.21. The fourth-order valence-electron chi connectivity index (χ4n) is 3.64. The Morgan fingerprint density at radius 2 is 2.06 bits per heavy atom. The number of anilines is 2. The molecule has 0 fully saturated rings. The van der Waals surface area contributed by atoms with Gasteiger partial charge in [0, 0.05) is 28.7 Å². The highest BCUT2D eigenvalue weighted by molar-refractivity contribution is 6.31. The Bertz CT molecular complexity index is 1170. The third-order valence-corrected chi connectivity index (χ3v) is 6.08. The third kappa shape index (κ3) is 4.42. The summed E-state index contributed by atoms with van der Waals surface area (Å²) in [6.07, 6.45) is 1.51. The van der Waals surface area contributed by atoms with Crippen LogP contribution in [0.3, 0.4) is 0 Å². The van der Waals surface area contributed by atoms with E-state index < -0.39 is 0 Å². The van der Waals surface area contributed by atoms with Crippen LogP contribution in [0.15, 0.2) is 30.6 Å². The Kier molecular flexibility index (Phi) is 6.34. The van der Waals surface area contributed by atoms with Crippen molar-refractivity contribution in [1.82, 2.24) is 20.2 Å². The van der Waals surface area contributed by atoms with Crippen LogP contribution >= 0.6 is 11.6 Å². The molecule has 32 heavy (non-hydrogen) atoms. The van der Waals surface area contributed by atoms with E-state index in [4.69, 9.17) is 21.1 Å². The van der Waals surface area contributed by atoms with Gasteiger partial charge in [-0.25, -0.2) is 9.97 Å². The van der Waals surface area contributed by atoms with E-state index in [1.165, 1.54) is 6.33 Å². The van der Waals surface area contributed by atoms with Gasteiger partial charge in [-0.3, -0.25) is 9.69 Å². The van der Waals surface area contributed by atoms with E-state index in [-0.39, 0.29) is 11.9 Å². The molecule has 1 atom stereocenters. The van der Waals surface area contributed by atoms with Crippen LogP contribution in [0.5, 0.6) is 11.5 Å². The molecule has 2 heterocycles. The summed E-state index contributed by atoms with van der Waals surface area (Å²) in [4.78, 5) is 23.5. The zero-order chi connectivity index (χ0) is 22.8. The van der Waals surface area contributed by atoms with Crippen LogP contribution in [-0.4, -0.2) is 54.1 Å². The van der Waals surface area contributed by atoms with Gasteiger partial charge in [0.05, 0.1) is 25.2 Å². The average molecular weight is 456 g/mol.